The first kappa shape index (κ1) is 20.3. The largest absolute Gasteiger partial charge is 1.00 e. The Labute approximate surface area is 157 Å². The molecule has 0 aromatic carbocycles. The number of carbonyl (C=O) groups excluding carboxylic acids is 1. The number of hydrogen-bond donors (Lipinski definition) is 2. The fraction of sp³-hybridized carbons (Fsp3) is 0.737. The molecule has 142 valence electrons. The minimum Gasteiger partial charge on any atom is -1.00 e. The maximum absolute atomic E-state index is 12.4. The van der Waals surface area contributed by atoms with Crippen molar-refractivity contribution in [3.8, 4) is 0 Å². The lowest BCUT2D eigenvalue weighted by Crippen LogP contribution is -3.00. The summed E-state index contributed by atoms with van der Waals surface area (Å²) >= 11 is 0. The van der Waals surface area contributed by atoms with Gasteiger partial charge in [0.2, 0.25) is 5.91 Å². The van der Waals surface area contributed by atoms with Crippen LogP contribution in [-0.2, 0) is 4.79 Å². The van der Waals surface area contributed by atoms with E-state index >= 15 is 0 Å². The average molecular weight is 369 g/mol. The van der Waals surface area contributed by atoms with Crippen LogP contribution in [0.5, 0.6) is 0 Å². The van der Waals surface area contributed by atoms with Crippen LogP contribution in [-0.4, -0.2) is 42.5 Å². The molecule has 1 amide bonds. The molecule has 25 heavy (non-hydrogen) atoms. The Morgan fingerprint density at radius 2 is 1.96 bits per heavy atom. The third-order valence-electron chi connectivity index (χ3n) is 5.42. The SMILES string of the molecule is CC(NCC(c1ccco1)N1CCCCC1)C(=O)NC1CCCC1.[Cl-]. The van der Waals surface area contributed by atoms with Gasteiger partial charge >= 0.3 is 0 Å². The van der Waals surface area contributed by atoms with E-state index in [9.17, 15) is 4.79 Å². The molecule has 0 radical (unpaired) electrons. The number of carbonyl (C=O) groups is 1. The van der Waals surface area contributed by atoms with Gasteiger partial charge in [-0.15, -0.1) is 0 Å². The molecule has 1 saturated heterocycles. The molecular weight excluding hydrogens is 338 g/mol. The van der Waals surface area contributed by atoms with E-state index in [0.717, 1.165) is 38.2 Å². The molecule has 1 aromatic rings. The molecule has 2 fully saturated rings. The van der Waals surface area contributed by atoms with Crippen LogP contribution in [0.15, 0.2) is 22.8 Å². The predicted molar refractivity (Wildman–Crippen MR) is 94.7 cm³/mol. The summed E-state index contributed by atoms with van der Waals surface area (Å²) < 4.78 is 5.67. The highest BCUT2D eigenvalue weighted by Crippen LogP contribution is 2.24. The van der Waals surface area contributed by atoms with Crippen molar-refractivity contribution in [2.24, 2.45) is 0 Å². The Balaban J connectivity index is 0.00000225. The smallest absolute Gasteiger partial charge is 0.237 e. The Kier molecular flexibility index (Phi) is 8.27. The van der Waals surface area contributed by atoms with E-state index in [-0.39, 0.29) is 30.4 Å². The monoisotopic (exact) mass is 368 g/mol. The highest BCUT2D eigenvalue weighted by molar-refractivity contribution is 5.81. The van der Waals surface area contributed by atoms with Gasteiger partial charge in [0.15, 0.2) is 0 Å². The molecule has 2 unspecified atom stereocenters. The zero-order valence-electron chi connectivity index (χ0n) is 15.2. The summed E-state index contributed by atoms with van der Waals surface area (Å²) in [5.74, 6) is 1.12. The third kappa shape index (κ3) is 5.73. The summed E-state index contributed by atoms with van der Waals surface area (Å²) in [6, 6.07) is 4.41. The molecule has 5 nitrogen and oxygen atoms in total. The average Bonchev–Trinajstić information content (AvgIpc) is 3.30. The number of halogens is 1. The molecule has 0 spiro atoms. The molecule has 1 saturated carbocycles. The van der Waals surface area contributed by atoms with Crippen molar-refractivity contribution in [2.45, 2.75) is 70.0 Å². The van der Waals surface area contributed by atoms with Gasteiger partial charge in [-0.2, -0.15) is 0 Å². The number of nitrogens with zero attached hydrogens (tertiary/aromatic N) is 1. The lowest BCUT2D eigenvalue weighted by atomic mass is 10.1. The first-order chi connectivity index (χ1) is 11.7. The molecular formula is C19H31ClN3O2-. The van der Waals surface area contributed by atoms with E-state index in [1.54, 1.807) is 6.26 Å². The maximum atomic E-state index is 12.4. The van der Waals surface area contributed by atoms with Crippen LogP contribution in [0.4, 0.5) is 0 Å². The first-order valence-electron chi connectivity index (χ1n) is 9.55. The van der Waals surface area contributed by atoms with Crippen molar-refractivity contribution in [1.82, 2.24) is 15.5 Å². The van der Waals surface area contributed by atoms with Crippen molar-refractivity contribution < 1.29 is 21.6 Å². The Morgan fingerprint density at radius 3 is 2.60 bits per heavy atom. The number of rotatable bonds is 7. The summed E-state index contributed by atoms with van der Waals surface area (Å²) in [7, 11) is 0. The van der Waals surface area contributed by atoms with E-state index in [1.807, 2.05) is 19.1 Å². The van der Waals surface area contributed by atoms with Crippen LogP contribution in [0, 0.1) is 0 Å². The zero-order chi connectivity index (χ0) is 16.8. The highest BCUT2D eigenvalue weighted by atomic mass is 35.5. The van der Waals surface area contributed by atoms with E-state index in [2.05, 4.69) is 15.5 Å². The fourth-order valence-electron chi connectivity index (χ4n) is 3.90. The number of hydrogen-bond acceptors (Lipinski definition) is 4. The number of amides is 1. The normalized spacial score (nSPS) is 21.5. The molecule has 1 aliphatic carbocycles. The molecule has 2 heterocycles. The minimum absolute atomic E-state index is 0. The highest BCUT2D eigenvalue weighted by Gasteiger charge is 2.26. The summed E-state index contributed by atoms with van der Waals surface area (Å²) in [5.41, 5.74) is 0. The first-order valence-corrected chi connectivity index (χ1v) is 9.55. The predicted octanol–water partition coefficient (Wildman–Crippen LogP) is -0.152. The number of furan rings is 1. The van der Waals surface area contributed by atoms with E-state index in [1.165, 1.54) is 32.1 Å². The van der Waals surface area contributed by atoms with Gasteiger partial charge in [-0.25, -0.2) is 0 Å². The van der Waals surface area contributed by atoms with Crippen molar-refractivity contribution in [2.75, 3.05) is 19.6 Å². The number of nitrogens with one attached hydrogen (secondary N) is 2. The van der Waals surface area contributed by atoms with Gasteiger partial charge in [0.25, 0.3) is 0 Å². The van der Waals surface area contributed by atoms with Gasteiger partial charge in [-0.05, 0) is 57.8 Å². The lowest BCUT2D eigenvalue weighted by molar-refractivity contribution is -0.123. The van der Waals surface area contributed by atoms with E-state index < -0.39 is 0 Å². The molecule has 0 bridgehead atoms. The fourth-order valence-corrected chi connectivity index (χ4v) is 3.90. The van der Waals surface area contributed by atoms with Crippen LogP contribution in [0.1, 0.15) is 63.7 Å². The Morgan fingerprint density at radius 1 is 1.24 bits per heavy atom. The van der Waals surface area contributed by atoms with Crippen molar-refractivity contribution >= 4 is 5.91 Å². The van der Waals surface area contributed by atoms with E-state index in [0.29, 0.717) is 6.04 Å². The molecule has 3 rings (SSSR count). The van der Waals surface area contributed by atoms with Gasteiger partial charge in [-0.3, -0.25) is 9.69 Å². The standard InChI is InChI=1S/C19H31N3O2.ClH/c1-15(19(23)21-16-8-3-4-9-16)20-14-17(18-10-7-13-24-18)22-11-5-2-6-12-22;/h7,10,13,15-17,20H,2-6,8-9,11-12,14H2,1H3,(H,21,23);1H/p-1. The minimum atomic E-state index is -0.173. The van der Waals surface area contributed by atoms with Gasteiger partial charge in [-0.1, -0.05) is 19.3 Å². The Hall–Kier alpha value is -1.04. The second kappa shape index (κ2) is 10.2. The molecule has 6 heteroatoms. The van der Waals surface area contributed by atoms with Crippen LogP contribution < -0.4 is 23.0 Å². The quantitative estimate of drug-likeness (QED) is 0.702. The molecule has 2 atom stereocenters. The molecule has 2 N–H and O–H groups in total. The summed E-state index contributed by atoms with van der Waals surface area (Å²) in [4.78, 5) is 14.8. The van der Waals surface area contributed by atoms with Crippen molar-refractivity contribution in [3.05, 3.63) is 24.2 Å². The van der Waals surface area contributed by atoms with Crippen LogP contribution in [0.2, 0.25) is 0 Å². The van der Waals surface area contributed by atoms with Gasteiger partial charge in [0.05, 0.1) is 18.3 Å². The topological polar surface area (TPSA) is 57.5 Å². The van der Waals surface area contributed by atoms with E-state index in [4.69, 9.17) is 4.42 Å². The molecule has 2 aliphatic rings. The van der Waals surface area contributed by atoms with Crippen LogP contribution >= 0.6 is 0 Å². The number of piperidine rings is 1. The number of likely N-dealkylation sites (tertiary alicyclic amines) is 1. The van der Waals surface area contributed by atoms with Crippen LogP contribution in [0.3, 0.4) is 0 Å². The maximum Gasteiger partial charge on any atom is 0.237 e. The van der Waals surface area contributed by atoms with Gasteiger partial charge in [0, 0.05) is 12.6 Å². The van der Waals surface area contributed by atoms with Crippen molar-refractivity contribution in [1.29, 1.82) is 0 Å². The van der Waals surface area contributed by atoms with Crippen molar-refractivity contribution in [3.63, 3.8) is 0 Å². The summed E-state index contributed by atoms with van der Waals surface area (Å²) in [6.07, 6.45) is 10.3. The Bertz CT molecular complexity index is 497. The third-order valence-corrected chi connectivity index (χ3v) is 5.42. The summed E-state index contributed by atoms with van der Waals surface area (Å²) in [6.45, 7) is 4.91. The van der Waals surface area contributed by atoms with Crippen LogP contribution in [0.25, 0.3) is 0 Å². The van der Waals surface area contributed by atoms with Gasteiger partial charge in [0.1, 0.15) is 5.76 Å². The molecule has 1 aromatic heterocycles. The molecule has 1 aliphatic heterocycles. The summed E-state index contributed by atoms with van der Waals surface area (Å²) in [5, 5.41) is 6.61. The lowest BCUT2D eigenvalue weighted by Gasteiger charge is -2.34. The second-order valence-electron chi connectivity index (χ2n) is 7.25. The second-order valence-corrected chi connectivity index (χ2v) is 7.25. The van der Waals surface area contributed by atoms with Gasteiger partial charge < -0.3 is 27.5 Å². The zero-order valence-corrected chi connectivity index (χ0v) is 15.9.